The number of thiophene rings is 2. The van der Waals surface area contributed by atoms with Crippen molar-refractivity contribution in [2.24, 2.45) is 0 Å². The lowest BCUT2D eigenvalue weighted by Crippen LogP contribution is -1.96. The summed E-state index contributed by atoms with van der Waals surface area (Å²) in [5, 5.41) is 6.60. The van der Waals surface area contributed by atoms with Crippen LogP contribution >= 0.6 is 22.7 Å². The molecule has 4 heterocycles. The van der Waals surface area contributed by atoms with Crippen LogP contribution in [0.3, 0.4) is 0 Å². The number of carbonyl (C=O) groups excluding carboxylic acids is 1. The third kappa shape index (κ3) is 2.09. The van der Waals surface area contributed by atoms with E-state index < -0.39 is 0 Å². The van der Waals surface area contributed by atoms with Crippen LogP contribution in [0.15, 0.2) is 48.1 Å². The smallest absolute Gasteiger partial charge is 0.153 e. The standard InChI is InChI=1S/C15H9N3OS2/c19-9-10-8-18(14-3-1-2-5-16-14)17-15(10)13-7-12-11(21-13)4-6-20-12/h1-9H. The topological polar surface area (TPSA) is 47.8 Å². The Morgan fingerprint density at radius 2 is 2.14 bits per heavy atom. The van der Waals surface area contributed by atoms with Crippen molar-refractivity contribution in [2.75, 3.05) is 0 Å². The number of fused-ring (bicyclic) bond motifs is 1. The van der Waals surface area contributed by atoms with Crippen LogP contribution in [0, 0.1) is 0 Å². The fourth-order valence-electron chi connectivity index (χ4n) is 2.15. The van der Waals surface area contributed by atoms with Crippen LogP contribution in [0.4, 0.5) is 0 Å². The van der Waals surface area contributed by atoms with Gasteiger partial charge in [-0.2, -0.15) is 5.10 Å². The fraction of sp³-hybridized carbons (Fsp3) is 0. The van der Waals surface area contributed by atoms with Gasteiger partial charge in [0.05, 0.1) is 10.4 Å². The summed E-state index contributed by atoms with van der Waals surface area (Å²) < 4.78 is 4.09. The molecule has 0 unspecified atom stereocenters. The summed E-state index contributed by atoms with van der Waals surface area (Å²) in [6.07, 6.45) is 4.27. The van der Waals surface area contributed by atoms with Crippen LogP contribution in [-0.2, 0) is 0 Å². The second-order valence-corrected chi connectivity index (χ2v) is 6.47. The van der Waals surface area contributed by atoms with Crippen molar-refractivity contribution in [1.82, 2.24) is 14.8 Å². The van der Waals surface area contributed by atoms with Crippen molar-refractivity contribution in [3.05, 3.63) is 53.7 Å². The second-order valence-electron chi connectivity index (χ2n) is 4.44. The first-order chi connectivity index (χ1) is 10.3. The van der Waals surface area contributed by atoms with Gasteiger partial charge in [-0.05, 0) is 29.6 Å². The Labute approximate surface area is 128 Å². The highest BCUT2D eigenvalue weighted by Gasteiger charge is 2.15. The zero-order valence-electron chi connectivity index (χ0n) is 10.8. The van der Waals surface area contributed by atoms with Gasteiger partial charge in [-0.1, -0.05) is 6.07 Å². The number of rotatable bonds is 3. The highest BCUT2D eigenvalue weighted by atomic mass is 32.1. The van der Waals surface area contributed by atoms with Gasteiger partial charge >= 0.3 is 0 Å². The molecular formula is C15H9N3OS2. The van der Waals surface area contributed by atoms with E-state index in [2.05, 4.69) is 27.6 Å². The molecule has 0 amide bonds. The first-order valence-corrected chi connectivity index (χ1v) is 7.98. The van der Waals surface area contributed by atoms with Crippen LogP contribution in [0.2, 0.25) is 0 Å². The Balaban J connectivity index is 1.86. The number of nitrogens with zero attached hydrogens (tertiary/aromatic N) is 3. The van der Waals surface area contributed by atoms with Gasteiger partial charge in [0.15, 0.2) is 12.1 Å². The lowest BCUT2D eigenvalue weighted by molar-refractivity contribution is 0.112. The zero-order chi connectivity index (χ0) is 14.2. The molecule has 0 N–H and O–H groups in total. The van der Waals surface area contributed by atoms with Gasteiger partial charge in [0.25, 0.3) is 0 Å². The Bertz CT molecular complexity index is 892. The average molecular weight is 311 g/mol. The van der Waals surface area contributed by atoms with E-state index in [0.29, 0.717) is 17.1 Å². The molecule has 0 radical (unpaired) electrons. The quantitative estimate of drug-likeness (QED) is 0.537. The van der Waals surface area contributed by atoms with E-state index >= 15 is 0 Å². The zero-order valence-corrected chi connectivity index (χ0v) is 12.4. The van der Waals surface area contributed by atoms with Gasteiger partial charge < -0.3 is 0 Å². The summed E-state index contributed by atoms with van der Waals surface area (Å²) in [7, 11) is 0. The predicted octanol–water partition coefficient (Wildman–Crippen LogP) is 4.02. The van der Waals surface area contributed by atoms with E-state index in [1.807, 2.05) is 18.2 Å². The van der Waals surface area contributed by atoms with Gasteiger partial charge in [-0.3, -0.25) is 4.79 Å². The normalized spacial score (nSPS) is 11.0. The molecule has 0 aliphatic rings. The lowest BCUT2D eigenvalue weighted by Gasteiger charge is -1.97. The van der Waals surface area contributed by atoms with Crippen molar-refractivity contribution in [3.8, 4) is 16.4 Å². The van der Waals surface area contributed by atoms with E-state index in [1.165, 1.54) is 9.40 Å². The molecule has 4 aromatic heterocycles. The highest BCUT2D eigenvalue weighted by Crippen LogP contribution is 2.36. The molecule has 0 aromatic carbocycles. The van der Waals surface area contributed by atoms with Crippen molar-refractivity contribution in [1.29, 1.82) is 0 Å². The number of aromatic nitrogens is 3. The highest BCUT2D eigenvalue weighted by molar-refractivity contribution is 7.28. The molecular weight excluding hydrogens is 302 g/mol. The average Bonchev–Trinajstić information content (AvgIpc) is 3.21. The molecule has 0 bridgehead atoms. The van der Waals surface area contributed by atoms with Crippen LogP contribution in [0.1, 0.15) is 10.4 Å². The minimum absolute atomic E-state index is 0.578. The number of pyridine rings is 1. The maximum atomic E-state index is 11.3. The molecule has 21 heavy (non-hydrogen) atoms. The molecule has 4 rings (SSSR count). The Kier molecular flexibility index (Phi) is 2.90. The third-order valence-electron chi connectivity index (χ3n) is 3.13. The molecule has 4 aromatic rings. The molecule has 0 saturated heterocycles. The van der Waals surface area contributed by atoms with Crippen LogP contribution in [0.5, 0.6) is 0 Å². The van der Waals surface area contributed by atoms with Gasteiger partial charge in [-0.25, -0.2) is 9.67 Å². The molecule has 0 fully saturated rings. The molecule has 0 aliphatic carbocycles. The monoisotopic (exact) mass is 311 g/mol. The molecule has 6 heteroatoms. The molecule has 102 valence electrons. The first kappa shape index (κ1) is 12.4. The third-order valence-corrected chi connectivity index (χ3v) is 5.23. The number of hydrogen-bond acceptors (Lipinski definition) is 5. The molecule has 0 aliphatic heterocycles. The Morgan fingerprint density at radius 1 is 1.19 bits per heavy atom. The number of aldehydes is 1. The summed E-state index contributed by atoms with van der Waals surface area (Å²) in [5.41, 5.74) is 1.29. The van der Waals surface area contributed by atoms with E-state index in [1.54, 1.807) is 39.7 Å². The van der Waals surface area contributed by atoms with Crippen LogP contribution in [0.25, 0.3) is 25.8 Å². The fourth-order valence-corrected chi connectivity index (χ4v) is 4.27. The Hall–Kier alpha value is -2.31. The number of carbonyl (C=O) groups is 1. The predicted molar refractivity (Wildman–Crippen MR) is 85.4 cm³/mol. The summed E-state index contributed by atoms with van der Waals surface area (Å²) in [6.45, 7) is 0. The molecule has 0 saturated carbocycles. The summed E-state index contributed by atoms with van der Waals surface area (Å²) in [6, 6.07) is 9.78. The minimum atomic E-state index is 0.578. The first-order valence-electron chi connectivity index (χ1n) is 6.29. The van der Waals surface area contributed by atoms with E-state index in [0.717, 1.165) is 11.2 Å². The minimum Gasteiger partial charge on any atom is -0.298 e. The second kappa shape index (κ2) is 4.91. The van der Waals surface area contributed by atoms with Crippen LogP contribution in [-0.4, -0.2) is 21.1 Å². The van der Waals surface area contributed by atoms with Crippen molar-refractivity contribution < 1.29 is 4.79 Å². The molecule has 0 spiro atoms. The lowest BCUT2D eigenvalue weighted by atomic mass is 10.2. The van der Waals surface area contributed by atoms with Gasteiger partial charge in [0, 0.05) is 21.8 Å². The van der Waals surface area contributed by atoms with Crippen molar-refractivity contribution >= 4 is 38.4 Å². The van der Waals surface area contributed by atoms with Crippen LogP contribution < -0.4 is 0 Å². The Morgan fingerprint density at radius 3 is 2.90 bits per heavy atom. The maximum absolute atomic E-state index is 11.3. The van der Waals surface area contributed by atoms with E-state index in [4.69, 9.17) is 0 Å². The van der Waals surface area contributed by atoms with E-state index in [9.17, 15) is 4.79 Å². The van der Waals surface area contributed by atoms with Gasteiger partial charge in [-0.15, -0.1) is 22.7 Å². The van der Waals surface area contributed by atoms with Gasteiger partial charge in [0.2, 0.25) is 0 Å². The van der Waals surface area contributed by atoms with E-state index in [-0.39, 0.29) is 0 Å². The van der Waals surface area contributed by atoms with Crippen molar-refractivity contribution in [3.63, 3.8) is 0 Å². The largest absolute Gasteiger partial charge is 0.298 e. The number of hydrogen-bond donors (Lipinski definition) is 0. The maximum Gasteiger partial charge on any atom is 0.153 e. The summed E-state index contributed by atoms with van der Waals surface area (Å²) in [5.74, 6) is 0.699. The molecule has 0 atom stereocenters. The van der Waals surface area contributed by atoms with Gasteiger partial charge in [0.1, 0.15) is 5.69 Å². The summed E-state index contributed by atoms with van der Waals surface area (Å²) in [4.78, 5) is 16.6. The summed E-state index contributed by atoms with van der Waals surface area (Å²) >= 11 is 3.35. The molecule has 4 nitrogen and oxygen atoms in total. The SMILES string of the molecule is O=Cc1cn(-c2ccccn2)nc1-c1cc2sccc2s1. The van der Waals surface area contributed by atoms with Crippen molar-refractivity contribution in [2.45, 2.75) is 0 Å².